The van der Waals surface area contributed by atoms with Gasteiger partial charge in [0.05, 0.1) is 4.92 Å². The Balaban J connectivity index is 2.47. The molecule has 0 aliphatic carbocycles. The van der Waals surface area contributed by atoms with Crippen LogP contribution in [0.3, 0.4) is 0 Å². The number of nitrogens with zero attached hydrogens (tertiary/aromatic N) is 1. The fourth-order valence-corrected chi connectivity index (χ4v) is 1.50. The van der Waals surface area contributed by atoms with E-state index in [0.717, 1.165) is 18.2 Å². The molecule has 0 spiro atoms. The molecule has 19 heavy (non-hydrogen) atoms. The number of nitro benzene ring substituents is 1. The molecular weight excluding hydrogens is 258 g/mol. The van der Waals surface area contributed by atoms with Crippen molar-refractivity contribution < 1.29 is 24.7 Å². The van der Waals surface area contributed by atoms with Crippen molar-refractivity contribution in [2.24, 2.45) is 0 Å². The molecule has 1 heterocycles. The first-order valence-corrected chi connectivity index (χ1v) is 4.93. The maximum Gasteiger partial charge on any atom is 0.326 e. The van der Waals surface area contributed by atoms with E-state index in [2.05, 4.69) is 5.32 Å². The number of benzene rings is 1. The van der Waals surface area contributed by atoms with Crippen molar-refractivity contribution in [3.63, 3.8) is 0 Å². The first-order valence-electron chi connectivity index (χ1n) is 4.93. The van der Waals surface area contributed by atoms with Crippen molar-refractivity contribution >= 4 is 23.7 Å². The number of amides is 3. The number of rotatable bonds is 2. The number of carbonyl (C=O) groups is 2. The van der Waals surface area contributed by atoms with Crippen molar-refractivity contribution in [3.05, 3.63) is 33.5 Å². The van der Waals surface area contributed by atoms with Crippen LogP contribution in [0.4, 0.5) is 10.5 Å². The van der Waals surface area contributed by atoms with Crippen molar-refractivity contribution in [1.82, 2.24) is 10.6 Å². The van der Waals surface area contributed by atoms with Gasteiger partial charge < -0.3 is 15.5 Å². The highest BCUT2D eigenvalue weighted by Gasteiger charge is 2.24. The molecule has 1 fully saturated rings. The Morgan fingerprint density at radius 1 is 1.21 bits per heavy atom. The van der Waals surface area contributed by atoms with Gasteiger partial charge in [-0.15, -0.1) is 0 Å². The van der Waals surface area contributed by atoms with Crippen LogP contribution < -0.4 is 10.6 Å². The third-order valence-corrected chi connectivity index (χ3v) is 2.32. The molecule has 0 radical (unpaired) electrons. The normalized spacial score (nSPS) is 16.3. The van der Waals surface area contributed by atoms with Gasteiger partial charge in [0.25, 0.3) is 5.91 Å². The molecule has 1 saturated heterocycles. The molecule has 1 aromatic carbocycles. The largest absolute Gasteiger partial charge is 0.504 e. The minimum atomic E-state index is -0.885. The van der Waals surface area contributed by atoms with Crippen LogP contribution in [0.2, 0.25) is 0 Å². The highest BCUT2D eigenvalue weighted by atomic mass is 16.6. The molecule has 2 rings (SSSR count). The number of hydrogen-bond donors (Lipinski definition) is 4. The molecule has 0 unspecified atom stereocenters. The number of carbonyl (C=O) groups excluding carboxylic acids is 2. The Kier molecular flexibility index (Phi) is 2.79. The van der Waals surface area contributed by atoms with Crippen LogP contribution in [-0.4, -0.2) is 27.1 Å². The fraction of sp³-hybridized carbons (Fsp3) is 0. The topological polar surface area (TPSA) is 142 Å². The number of urea groups is 1. The summed E-state index contributed by atoms with van der Waals surface area (Å²) in [7, 11) is 0. The SMILES string of the molecule is O=C1NC(=O)/C(=C\c2cc(O)c(O)c([N+](=O)[O-])c2)N1. The van der Waals surface area contributed by atoms with Crippen LogP contribution >= 0.6 is 0 Å². The highest BCUT2D eigenvalue weighted by molar-refractivity contribution is 6.14. The van der Waals surface area contributed by atoms with Gasteiger partial charge in [0, 0.05) is 6.07 Å². The zero-order chi connectivity index (χ0) is 14.2. The number of phenolic OH excluding ortho intramolecular Hbond substituents is 2. The van der Waals surface area contributed by atoms with Crippen LogP contribution in [0.15, 0.2) is 17.8 Å². The van der Waals surface area contributed by atoms with Crippen LogP contribution in [0.5, 0.6) is 11.5 Å². The number of phenols is 2. The van der Waals surface area contributed by atoms with Gasteiger partial charge in [-0.3, -0.25) is 20.2 Å². The first kappa shape index (κ1) is 12.4. The highest BCUT2D eigenvalue weighted by Crippen LogP contribution is 2.36. The van der Waals surface area contributed by atoms with Gasteiger partial charge in [0.15, 0.2) is 5.75 Å². The monoisotopic (exact) mass is 265 g/mol. The average molecular weight is 265 g/mol. The lowest BCUT2D eigenvalue weighted by atomic mass is 10.1. The lowest BCUT2D eigenvalue weighted by Gasteiger charge is -2.02. The van der Waals surface area contributed by atoms with Gasteiger partial charge >= 0.3 is 11.7 Å². The molecule has 0 saturated carbocycles. The maximum atomic E-state index is 11.3. The van der Waals surface area contributed by atoms with Crippen molar-refractivity contribution in [2.75, 3.05) is 0 Å². The summed E-state index contributed by atoms with van der Waals surface area (Å²) in [5, 5.41) is 33.4. The summed E-state index contributed by atoms with van der Waals surface area (Å²) >= 11 is 0. The Morgan fingerprint density at radius 3 is 2.42 bits per heavy atom. The number of hydrogen-bond acceptors (Lipinski definition) is 6. The molecule has 0 atom stereocenters. The molecule has 98 valence electrons. The van der Waals surface area contributed by atoms with E-state index in [4.69, 9.17) is 0 Å². The van der Waals surface area contributed by atoms with E-state index < -0.39 is 34.0 Å². The summed E-state index contributed by atoms with van der Waals surface area (Å²) < 4.78 is 0. The molecule has 9 heteroatoms. The second kappa shape index (κ2) is 4.29. The second-order valence-corrected chi connectivity index (χ2v) is 3.63. The van der Waals surface area contributed by atoms with Gasteiger partial charge in [-0.25, -0.2) is 4.79 Å². The van der Waals surface area contributed by atoms with Gasteiger partial charge in [0.2, 0.25) is 5.75 Å². The Morgan fingerprint density at radius 2 is 1.89 bits per heavy atom. The lowest BCUT2D eigenvalue weighted by molar-refractivity contribution is -0.386. The smallest absolute Gasteiger partial charge is 0.326 e. The summed E-state index contributed by atoms with van der Waals surface area (Å²) in [6.45, 7) is 0. The quantitative estimate of drug-likeness (QED) is 0.197. The van der Waals surface area contributed by atoms with Crippen LogP contribution in [-0.2, 0) is 4.79 Å². The first-order chi connectivity index (χ1) is 8.88. The second-order valence-electron chi connectivity index (χ2n) is 3.63. The summed E-state index contributed by atoms with van der Waals surface area (Å²) in [4.78, 5) is 31.9. The van der Waals surface area contributed by atoms with Gasteiger partial charge in [-0.05, 0) is 17.7 Å². The van der Waals surface area contributed by atoms with Crippen molar-refractivity contribution in [2.45, 2.75) is 0 Å². The van der Waals surface area contributed by atoms with Crippen molar-refractivity contribution in [3.8, 4) is 11.5 Å². The van der Waals surface area contributed by atoms with E-state index in [9.17, 15) is 29.9 Å². The predicted molar refractivity (Wildman–Crippen MR) is 61.1 cm³/mol. The Bertz CT molecular complexity index is 636. The van der Waals surface area contributed by atoms with Crippen LogP contribution in [0.25, 0.3) is 6.08 Å². The summed E-state index contributed by atoms with van der Waals surface area (Å²) in [5.41, 5.74) is -0.754. The predicted octanol–water partition coefficient (Wildman–Crippen LogP) is 0.186. The number of nitro groups is 1. The zero-order valence-corrected chi connectivity index (χ0v) is 9.21. The molecule has 4 N–H and O–H groups in total. The Hall–Kier alpha value is -3.10. The zero-order valence-electron chi connectivity index (χ0n) is 9.21. The number of aromatic hydroxyl groups is 2. The van der Waals surface area contributed by atoms with E-state index in [1.54, 1.807) is 0 Å². The molecule has 0 aromatic heterocycles. The third-order valence-electron chi connectivity index (χ3n) is 2.32. The van der Waals surface area contributed by atoms with E-state index >= 15 is 0 Å². The van der Waals surface area contributed by atoms with Gasteiger partial charge in [-0.1, -0.05) is 0 Å². The van der Waals surface area contributed by atoms with Gasteiger partial charge in [0.1, 0.15) is 5.70 Å². The number of imide groups is 1. The average Bonchev–Trinajstić information content (AvgIpc) is 2.62. The minimum absolute atomic E-state index is 0.0781. The molecule has 3 amide bonds. The van der Waals surface area contributed by atoms with Gasteiger partial charge in [-0.2, -0.15) is 0 Å². The summed E-state index contributed by atoms with van der Waals surface area (Å²) in [6.07, 6.45) is 1.13. The molecule has 0 bridgehead atoms. The van der Waals surface area contributed by atoms with E-state index in [1.807, 2.05) is 5.32 Å². The van der Waals surface area contributed by atoms with Crippen LogP contribution in [0.1, 0.15) is 5.56 Å². The molecule has 1 aliphatic rings. The van der Waals surface area contributed by atoms with Crippen LogP contribution in [0, 0.1) is 10.1 Å². The minimum Gasteiger partial charge on any atom is -0.504 e. The number of nitrogens with one attached hydrogen (secondary N) is 2. The molecule has 1 aromatic rings. The molecular formula is C10H7N3O6. The van der Waals surface area contributed by atoms with E-state index in [-0.39, 0.29) is 11.3 Å². The third kappa shape index (κ3) is 2.29. The lowest BCUT2D eigenvalue weighted by Crippen LogP contribution is -2.22. The van der Waals surface area contributed by atoms with E-state index in [1.165, 1.54) is 0 Å². The maximum absolute atomic E-state index is 11.3. The Labute approximate surface area is 105 Å². The molecule has 9 nitrogen and oxygen atoms in total. The summed E-state index contributed by atoms with van der Waals surface area (Å²) in [6, 6.07) is 1.26. The summed E-state index contributed by atoms with van der Waals surface area (Å²) in [5.74, 6) is -2.27. The molecule has 1 aliphatic heterocycles. The fourth-order valence-electron chi connectivity index (χ4n) is 1.50. The standard InChI is InChI=1S/C10H7N3O6/c14-7-3-4(2-6(8(7)15)13(18)19)1-5-9(16)12-10(17)11-5/h1-3,14-15H,(H2,11,12,16,17)/b5-1+. The van der Waals surface area contributed by atoms with Crippen molar-refractivity contribution in [1.29, 1.82) is 0 Å². The van der Waals surface area contributed by atoms with E-state index in [0.29, 0.717) is 0 Å².